The fourth-order valence-corrected chi connectivity index (χ4v) is 2.55. The molecule has 1 atom stereocenters. The largest absolute Gasteiger partial charge is 0.508 e. The SMILES string of the molecule is Cc1ccc(O)c(CN2CCN(C(C)C(=O)O)CC2)c1. The summed E-state index contributed by atoms with van der Waals surface area (Å²) in [5, 5.41) is 18.9. The van der Waals surface area contributed by atoms with Gasteiger partial charge < -0.3 is 10.2 Å². The predicted octanol–water partition coefficient (Wildman–Crippen LogP) is 1.29. The minimum absolute atomic E-state index is 0.330. The number of phenolic OH excluding ortho intramolecular Hbond substituents is 1. The lowest BCUT2D eigenvalue weighted by Gasteiger charge is -2.36. The van der Waals surface area contributed by atoms with Crippen molar-refractivity contribution in [1.29, 1.82) is 0 Å². The first kappa shape index (κ1) is 14.8. The lowest BCUT2D eigenvalue weighted by molar-refractivity contribution is -0.143. The highest BCUT2D eigenvalue weighted by atomic mass is 16.4. The van der Waals surface area contributed by atoms with Gasteiger partial charge in [0, 0.05) is 38.3 Å². The maximum atomic E-state index is 11.0. The zero-order chi connectivity index (χ0) is 14.7. The van der Waals surface area contributed by atoms with Crippen molar-refractivity contribution in [3.8, 4) is 5.75 Å². The second-order valence-electron chi connectivity index (χ2n) is 5.46. The van der Waals surface area contributed by atoms with E-state index < -0.39 is 12.0 Å². The lowest BCUT2D eigenvalue weighted by atomic mass is 10.1. The van der Waals surface area contributed by atoms with Gasteiger partial charge >= 0.3 is 5.97 Å². The second-order valence-corrected chi connectivity index (χ2v) is 5.46. The predicted molar refractivity (Wildman–Crippen MR) is 76.8 cm³/mol. The Morgan fingerprint density at radius 2 is 1.95 bits per heavy atom. The van der Waals surface area contributed by atoms with Crippen molar-refractivity contribution < 1.29 is 15.0 Å². The Labute approximate surface area is 119 Å². The average molecular weight is 278 g/mol. The van der Waals surface area contributed by atoms with Crippen LogP contribution in [0.5, 0.6) is 5.75 Å². The summed E-state index contributed by atoms with van der Waals surface area (Å²) in [6.07, 6.45) is 0. The van der Waals surface area contributed by atoms with Crippen molar-refractivity contribution in [2.45, 2.75) is 26.4 Å². The highest BCUT2D eigenvalue weighted by molar-refractivity contribution is 5.72. The molecule has 0 saturated carbocycles. The van der Waals surface area contributed by atoms with Crippen LogP contribution in [0.25, 0.3) is 0 Å². The highest BCUT2D eigenvalue weighted by Gasteiger charge is 2.25. The average Bonchev–Trinajstić information content (AvgIpc) is 2.43. The molecule has 1 heterocycles. The summed E-state index contributed by atoms with van der Waals surface area (Å²) in [6.45, 7) is 7.60. The van der Waals surface area contributed by atoms with Gasteiger partial charge in [0.15, 0.2) is 0 Å². The van der Waals surface area contributed by atoms with Gasteiger partial charge in [-0.05, 0) is 19.9 Å². The molecule has 0 spiro atoms. The summed E-state index contributed by atoms with van der Waals surface area (Å²) in [4.78, 5) is 15.2. The van der Waals surface area contributed by atoms with Gasteiger partial charge in [-0.3, -0.25) is 14.6 Å². The fraction of sp³-hybridized carbons (Fsp3) is 0.533. The van der Waals surface area contributed by atoms with Crippen LogP contribution in [0, 0.1) is 6.92 Å². The Bertz CT molecular complexity index is 482. The van der Waals surface area contributed by atoms with E-state index in [1.165, 1.54) is 0 Å². The molecule has 1 unspecified atom stereocenters. The number of phenols is 1. The number of carboxylic acids is 1. The molecule has 0 radical (unpaired) electrons. The third-order valence-electron chi connectivity index (χ3n) is 3.94. The van der Waals surface area contributed by atoms with Gasteiger partial charge in [0.25, 0.3) is 0 Å². The maximum absolute atomic E-state index is 11.0. The molecule has 0 amide bonds. The molecule has 5 heteroatoms. The molecule has 0 bridgehead atoms. The molecule has 2 rings (SSSR count). The third-order valence-corrected chi connectivity index (χ3v) is 3.94. The van der Waals surface area contributed by atoms with Gasteiger partial charge in [-0.25, -0.2) is 0 Å². The molecule has 1 saturated heterocycles. The molecule has 1 aliphatic rings. The number of aliphatic carboxylic acids is 1. The van der Waals surface area contributed by atoms with E-state index >= 15 is 0 Å². The lowest BCUT2D eigenvalue weighted by Crippen LogP contribution is -2.51. The molecular formula is C15H22N2O3. The number of nitrogens with zero attached hydrogens (tertiary/aromatic N) is 2. The van der Waals surface area contributed by atoms with Crippen LogP contribution < -0.4 is 0 Å². The van der Waals surface area contributed by atoms with Crippen molar-refractivity contribution in [2.75, 3.05) is 26.2 Å². The van der Waals surface area contributed by atoms with Gasteiger partial charge in [0.2, 0.25) is 0 Å². The van der Waals surface area contributed by atoms with Gasteiger partial charge in [-0.15, -0.1) is 0 Å². The van der Waals surface area contributed by atoms with Crippen molar-refractivity contribution >= 4 is 5.97 Å². The Hall–Kier alpha value is -1.59. The normalized spacial score (nSPS) is 18.9. The topological polar surface area (TPSA) is 64.0 Å². The van der Waals surface area contributed by atoms with Crippen LogP contribution in [0.2, 0.25) is 0 Å². The smallest absolute Gasteiger partial charge is 0.320 e. The number of piperazine rings is 1. The van der Waals surface area contributed by atoms with Crippen LogP contribution in [0.15, 0.2) is 18.2 Å². The quantitative estimate of drug-likeness (QED) is 0.869. The Kier molecular flexibility index (Phi) is 4.62. The van der Waals surface area contributed by atoms with Crippen LogP contribution in [-0.2, 0) is 11.3 Å². The number of aryl methyl sites for hydroxylation is 1. The molecule has 1 fully saturated rings. The zero-order valence-corrected chi connectivity index (χ0v) is 12.0. The number of benzene rings is 1. The van der Waals surface area contributed by atoms with E-state index in [4.69, 9.17) is 5.11 Å². The van der Waals surface area contributed by atoms with E-state index in [1.54, 1.807) is 13.0 Å². The summed E-state index contributed by atoms with van der Waals surface area (Å²) >= 11 is 0. The molecule has 1 aromatic rings. The van der Waals surface area contributed by atoms with Gasteiger partial charge in [-0.1, -0.05) is 17.7 Å². The molecule has 20 heavy (non-hydrogen) atoms. The van der Waals surface area contributed by atoms with Crippen LogP contribution in [-0.4, -0.2) is 58.2 Å². The number of carboxylic acid groups (broad SMARTS) is 1. The van der Waals surface area contributed by atoms with Crippen LogP contribution in [0.4, 0.5) is 0 Å². The molecule has 5 nitrogen and oxygen atoms in total. The van der Waals surface area contributed by atoms with E-state index in [0.717, 1.165) is 37.3 Å². The molecule has 1 aromatic carbocycles. The standard InChI is InChI=1S/C15H22N2O3/c1-11-3-4-14(18)13(9-11)10-16-5-7-17(8-6-16)12(2)15(19)20/h3-4,9,12,18H,5-8,10H2,1-2H3,(H,19,20). The zero-order valence-electron chi connectivity index (χ0n) is 12.0. The second kappa shape index (κ2) is 6.24. The number of aromatic hydroxyl groups is 1. The number of hydrogen-bond donors (Lipinski definition) is 2. The minimum Gasteiger partial charge on any atom is -0.508 e. The number of carbonyl (C=O) groups is 1. The molecule has 2 N–H and O–H groups in total. The van der Waals surface area contributed by atoms with E-state index in [2.05, 4.69) is 4.90 Å². The van der Waals surface area contributed by atoms with Crippen molar-refractivity contribution in [3.05, 3.63) is 29.3 Å². The third kappa shape index (κ3) is 3.49. The molecule has 110 valence electrons. The number of hydrogen-bond acceptors (Lipinski definition) is 4. The fourth-order valence-electron chi connectivity index (χ4n) is 2.55. The Balaban J connectivity index is 1.91. The van der Waals surface area contributed by atoms with Crippen LogP contribution in [0.3, 0.4) is 0 Å². The van der Waals surface area contributed by atoms with E-state index in [9.17, 15) is 9.90 Å². The summed E-state index contributed by atoms with van der Waals surface area (Å²) in [6, 6.07) is 5.20. The number of rotatable bonds is 4. The molecular weight excluding hydrogens is 256 g/mol. The van der Waals surface area contributed by atoms with Crippen molar-refractivity contribution in [2.24, 2.45) is 0 Å². The van der Waals surface area contributed by atoms with Crippen molar-refractivity contribution in [1.82, 2.24) is 9.80 Å². The van der Waals surface area contributed by atoms with Crippen LogP contribution >= 0.6 is 0 Å². The molecule has 0 aromatic heterocycles. The minimum atomic E-state index is -0.769. The van der Waals surface area contributed by atoms with Crippen LogP contribution in [0.1, 0.15) is 18.1 Å². The van der Waals surface area contributed by atoms with E-state index in [1.807, 2.05) is 24.0 Å². The Morgan fingerprint density at radius 1 is 1.30 bits per heavy atom. The first-order valence-electron chi connectivity index (χ1n) is 6.95. The maximum Gasteiger partial charge on any atom is 0.320 e. The van der Waals surface area contributed by atoms with Crippen molar-refractivity contribution in [3.63, 3.8) is 0 Å². The first-order valence-corrected chi connectivity index (χ1v) is 6.95. The highest BCUT2D eigenvalue weighted by Crippen LogP contribution is 2.21. The summed E-state index contributed by atoms with van der Waals surface area (Å²) in [5.41, 5.74) is 2.07. The Morgan fingerprint density at radius 3 is 2.55 bits per heavy atom. The van der Waals surface area contributed by atoms with Gasteiger partial charge in [-0.2, -0.15) is 0 Å². The van der Waals surface area contributed by atoms with E-state index in [0.29, 0.717) is 12.3 Å². The summed E-state index contributed by atoms with van der Waals surface area (Å²) < 4.78 is 0. The first-order chi connectivity index (χ1) is 9.47. The van der Waals surface area contributed by atoms with Gasteiger partial charge in [0.1, 0.15) is 11.8 Å². The van der Waals surface area contributed by atoms with E-state index in [-0.39, 0.29) is 0 Å². The summed E-state index contributed by atoms with van der Waals surface area (Å²) in [5.74, 6) is -0.438. The molecule has 1 aliphatic heterocycles. The molecule has 0 aliphatic carbocycles. The van der Waals surface area contributed by atoms with Gasteiger partial charge in [0.05, 0.1) is 0 Å². The summed E-state index contributed by atoms with van der Waals surface area (Å²) in [7, 11) is 0. The monoisotopic (exact) mass is 278 g/mol.